The van der Waals surface area contributed by atoms with Crippen LogP contribution in [-0.2, 0) is 11.3 Å². The maximum Gasteiger partial charge on any atom is 0.216 e. The quantitative estimate of drug-likeness (QED) is 0.858. The van der Waals surface area contributed by atoms with Gasteiger partial charge >= 0.3 is 0 Å². The number of carbonyl (C=O) groups is 1. The summed E-state index contributed by atoms with van der Waals surface area (Å²) in [6, 6.07) is 15.1. The number of nitrogens with one attached hydrogen (secondary N) is 1. The maximum atomic E-state index is 11.0. The number of rotatable bonds is 5. The third-order valence-electron chi connectivity index (χ3n) is 4.40. The average molecular weight is 308 g/mol. The Labute approximate surface area is 138 Å². The molecule has 1 heterocycles. The molecule has 0 aliphatic carbocycles. The van der Waals surface area contributed by atoms with Crippen molar-refractivity contribution in [3.8, 4) is 0 Å². The molecule has 1 aliphatic heterocycles. The average Bonchev–Trinajstić information content (AvgIpc) is 2.55. The van der Waals surface area contributed by atoms with E-state index in [0.29, 0.717) is 0 Å². The molecule has 0 saturated carbocycles. The highest BCUT2D eigenvalue weighted by Gasteiger charge is 2.14. The van der Waals surface area contributed by atoms with Gasteiger partial charge in [-0.1, -0.05) is 54.1 Å². The molecule has 0 aromatic heterocycles. The normalized spacial score (nSPS) is 15.4. The van der Waals surface area contributed by atoms with E-state index in [1.165, 1.54) is 21.9 Å². The van der Waals surface area contributed by atoms with Gasteiger partial charge in [-0.25, -0.2) is 0 Å². The molecule has 120 valence electrons. The Hall–Kier alpha value is -2.13. The Kier molecular flexibility index (Phi) is 5.09. The lowest BCUT2D eigenvalue weighted by Gasteiger charge is -2.28. The summed E-state index contributed by atoms with van der Waals surface area (Å²) in [7, 11) is 0. The highest BCUT2D eigenvalue weighted by Crippen LogP contribution is 2.22. The topological polar surface area (TPSA) is 32.3 Å². The van der Waals surface area contributed by atoms with Gasteiger partial charge in [0.2, 0.25) is 5.91 Å². The Balaban J connectivity index is 1.64. The first-order valence-electron chi connectivity index (χ1n) is 8.34. The van der Waals surface area contributed by atoms with Crippen molar-refractivity contribution in [3.63, 3.8) is 0 Å². The molecule has 3 rings (SSSR count). The Morgan fingerprint density at radius 2 is 2.00 bits per heavy atom. The fraction of sp³-hybridized carbons (Fsp3) is 0.350. The van der Waals surface area contributed by atoms with Gasteiger partial charge in [0.15, 0.2) is 0 Å². The van der Waals surface area contributed by atoms with Crippen molar-refractivity contribution in [2.75, 3.05) is 19.6 Å². The largest absolute Gasteiger partial charge is 0.356 e. The number of hydrogen-bond acceptors (Lipinski definition) is 2. The first-order valence-corrected chi connectivity index (χ1v) is 8.34. The van der Waals surface area contributed by atoms with Gasteiger partial charge in [-0.3, -0.25) is 9.69 Å². The Morgan fingerprint density at radius 1 is 1.17 bits per heavy atom. The van der Waals surface area contributed by atoms with Crippen LogP contribution in [0.5, 0.6) is 0 Å². The number of fused-ring (bicyclic) bond motifs is 1. The molecule has 0 saturated heterocycles. The number of amides is 1. The Morgan fingerprint density at radius 3 is 2.87 bits per heavy atom. The van der Waals surface area contributed by atoms with Crippen LogP contribution in [0.2, 0.25) is 0 Å². The van der Waals surface area contributed by atoms with E-state index < -0.39 is 0 Å². The van der Waals surface area contributed by atoms with Crippen LogP contribution in [0.15, 0.2) is 54.1 Å². The van der Waals surface area contributed by atoms with Gasteiger partial charge in [0.05, 0.1) is 0 Å². The van der Waals surface area contributed by atoms with Crippen molar-refractivity contribution in [3.05, 3.63) is 59.7 Å². The summed E-state index contributed by atoms with van der Waals surface area (Å²) < 4.78 is 0. The second kappa shape index (κ2) is 7.42. The minimum absolute atomic E-state index is 0.0500. The third kappa shape index (κ3) is 4.20. The summed E-state index contributed by atoms with van der Waals surface area (Å²) in [6.45, 7) is 5.40. The minimum Gasteiger partial charge on any atom is -0.356 e. The molecule has 3 nitrogen and oxygen atoms in total. The lowest BCUT2D eigenvalue weighted by atomic mass is 10.0. The molecule has 0 unspecified atom stereocenters. The van der Waals surface area contributed by atoms with Crippen LogP contribution in [0.1, 0.15) is 25.3 Å². The predicted octanol–water partition coefficient (Wildman–Crippen LogP) is 3.50. The zero-order chi connectivity index (χ0) is 16.1. The molecule has 1 amide bonds. The first-order chi connectivity index (χ1) is 11.2. The van der Waals surface area contributed by atoms with Crippen molar-refractivity contribution < 1.29 is 4.79 Å². The first kappa shape index (κ1) is 15.8. The zero-order valence-corrected chi connectivity index (χ0v) is 13.7. The van der Waals surface area contributed by atoms with Gasteiger partial charge in [0.25, 0.3) is 0 Å². The van der Waals surface area contributed by atoms with Crippen LogP contribution in [0.3, 0.4) is 0 Å². The van der Waals surface area contributed by atoms with Crippen LogP contribution in [0, 0.1) is 0 Å². The van der Waals surface area contributed by atoms with E-state index >= 15 is 0 Å². The highest BCUT2D eigenvalue weighted by atomic mass is 16.1. The summed E-state index contributed by atoms with van der Waals surface area (Å²) >= 11 is 0. The fourth-order valence-electron chi connectivity index (χ4n) is 3.27. The van der Waals surface area contributed by atoms with Crippen LogP contribution in [-0.4, -0.2) is 30.4 Å². The molecule has 0 radical (unpaired) electrons. The number of carbonyl (C=O) groups excluding carboxylic acids is 1. The molecule has 1 aliphatic rings. The van der Waals surface area contributed by atoms with Crippen LogP contribution in [0.4, 0.5) is 0 Å². The van der Waals surface area contributed by atoms with Crippen LogP contribution in [0.25, 0.3) is 10.8 Å². The summed E-state index contributed by atoms with van der Waals surface area (Å²) in [5, 5.41) is 5.54. The molecule has 0 bridgehead atoms. The summed E-state index contributed by atoms with van der Waals surface area (Å²) in [5.41, 5.74) is 2.83. The summed E-state index contributed by atoms with van der Waals surface area (Å²) in [5.74, 6) is 0.0500. The van der Waals surface area contributed by atoms with Gasteiger partial charge in [-0.2, -0.15) is 0 Å². The molecule has 1 N–H and O–H groups in total. The molecule has 0 fully saturated rings. The SMILES string of the molecule is CC(=O)NCCC1=CCCN(Cc2cccc3ccccc23)C1. The van der Waals surface area contributed by atoms with E-state index in [2.05, 4.69) is 58.8 Å². The van der Waals surface area contributed by atoms with E-state index in [9.17, 15) is 4.79 Å². The van der Waals surface area contributed by atoms with E-state index in [-0.39, 0.29) is 5.91 Å². The minimum atomic E-state index is 0.0500. The maximum absolute atomic E-state index is 11.0. The fourth-order valence-corrected chi connectivity index (χ4v) is 3.27. The van der Waals surface area contributed by atoms with Crippen molar-refractivity contribution >= 4 is 16.7 Å². The molecule has 2 aromatic carbocycles. The van der Waals surface area contributed by atoms with E-state index in [4.69, 9.17) is 0 Å². The van der Waals surface area contributed by atoms with Crippen LogP contribution >= 0.6 is 0 Å². The second-order valence-electron chi connectivity index (χ2n) is 6.23. The number of benzene rings is 2. The Bertz CT molecular complexity index is 715. The lowest BCUT2D eigenvalue weighted by Crippen LogP contribution is -2.31. The van der Waals surface area contributed by atoms with Gasteiger partial charge in [-0.15, -0.1) is 0 Å². The number of nitrogens with zero attached hydrogens (tertiary/aromatic N) is 1. The van der Waals surface area contributed by atoms with Gasteiger partial charge in [-0.05, 0) is 29.2 Å². The smallest absolute Gasteiger partial charge is 0.216 e. The van der Waals surface area contributed by atoms with E-state index in [0.717, 1.165) is 39.0 Å². The molecule has 2 aromatic rings. The van der Waals surface area contributed by atoms with Crippen molar-refractivity contribution in [2.45, 2.75) is 26.3 Å². The van der Waals surface area contributed by atoms with Crippen molar-refractivity contribution in [1.82, 2.24) is 10.2 Å². The van der Waals surface area contributed by atoms with E-state index in [1.807, 2.05) is 0 Å². The van der Waals surface area contributed by atoms with Gasteiger partial charge in [0, 0.05) is 33.1 Å². The third-order valence-corrected chi connectivity index (χ3v) is 4.40. The second-order valence-corrected chi connectivity index (χ2v) is 6.23. The number of hydrogen-bond donors (Lipinski definition) is 1. The van der Waals surface area contributed by atoms with Gasteiger partial charge < -0.3 is 5.32 Å². The predicted molar refractivity (Wildman–Crippen MR) is 95.2 cm³/mol. The molecular weight excluding hydrogens is 284 g/mol. The summed E-state index contributed by atoms with van der Waals surface area (Å²) in [6.07, 6.45) is 4.38. The monoisotopic (exact) mass is 308 g/mol. The lowest BCUT2D eigenvalue weighted by molar-refractivity contribution is -0.118. The zero-order valence-electron chi connectivity index (χ0n) is 13.7. The summed E-state index contributed by atoms with van der Waals surface area (Å²) in [4.78, 5) is 13.5. The van der Waals surface area contributed by atoms with E-state index in [1.54, 1.807) is 6.92 Å². The molecule has 0 atom stereocenters. The molecule has 3 heteroatoms. The molecular formula is C20H24N2O. The standard InChI is InChI=1S/C20H24N2O/c1-16(23)21-12-11-17-6-5-13-22(14-17)15-19-9-4-8-18-7-2-3-10-20(18)19/h2-4,6-10H,5,11-15H2,1H3,(H,21,23). The molecule has 0 spiro atoms. The van der Waals surface area contributed by atoms with Gasteiger partial charge in [0.1, 0.15) is 0 Å². The molecule has 23 heavy (non-hydrogen) atoms. The van der Waals surface area contributed by atoms with Crippen molar-refractivity contribution in [1.29, 1.82) is 0 Å². The van der Waals surface area contributed by atoms with Crippen LogP contribution < -0.4 is 5.32 Å². The van der Waals surface area contributed by atoms with Crippen molar-refractivity contribution in [2.24, 2.45) is 0 Å². The highest BCUT2D eigenvalue weighted by molar-refractivity contribution is 5.85.